The molecule has 0 saturated carbocycles. The molecule has 3 unspecified atom stereocenters. The Hall–Kier alpha value is -0.570. The Morgan fingerprint density at radius 3 is 2.40 bits per heavy atom. The summed E-state index contributed by atoms with van der Waals surface area (Å²) in [6, 6.07) is 0.308. The molecular formula is C12H23NO2. The zero-order chi connectivity index (χ0) is 11.4. The normalized spacial score (nSPS) is 29.9. The second-order valence-electron chi connectivity index (χ2n) is 5.03. The molecule has 0 bridgehead atoms. The van der Waals surface area contributed by atoms with Crippen LogP contribution in [0, 0.1) is 11.8 Å². The second-order valence-corrected chi connectivity index (χ2v) is 5.03. The molecule has 0 aromatic heterocycles. The fourth-order valence-corrected chi connectivity index (χ4v) is 2.52. The van der Waals surface area contributed by atoms with E-state index in [1.807, 2.05) is 0 Å². The number of rotatable bonds is 3. The summed E-state index contributed by atoms with van der Waals surface area (Å²) in [5.41, 5.74) is 0. The maximum absolute atomic E-state index is 11.2. The lowest BCUT2D eigenvalue weighted by Gasteiger charge is -2.38. The van der Waals surface area contributed by atoms with E-state index >= 15 is 0 Å². The Morgan fingerprint density at radius 1 is 1.40 bits per heavy atom. The van der Waals surface area contributed by atoms with E-state index in [-0.39, 0.29) is 5.97 Å². The van der Waals surface area contributed by atoms with Gasteiger partial charge in [-0.05, 0) is 25.2 Å². The largest absolute Gasteiger partial charge is 0.469 e. The molecule has 3 nitrogen and oxygen atoms in total. The molecule has 1 aliphatic heterocycles. The monoisotopic (exact) mass is 213 g/mol. The summed E-state index contributed by atoms with van der Waals surface area (Å²) in [6.45, 7) is 8.91. The highest BCUT2D eigenvalue weighted by Crippen LogP contribution is 2.23. The van der Waals surface area contributed by atoms with Gasteiger partial charge in [-0.1, -0.05) is 13.8 Å². The van der Waals surface area contributed by atoms with Crippen molar-refractivity contribution in [3.05, 3.63) is 0 Å². The van der Waals surface area contributed by atoms with Gasteiger partial charge in [-0.2, -0.15) is 0 Å². The first kappa shape index (κ1) is 12.5. The van der Waals surface area contributed by atoms with Gasteiger partial charge < -0.3 is 4.74 Å². The van der Waals surface area contributed by atoms with E-state index in [2.05, 4.69) is 25.7 Å². The average molecular weight is 213 g/mol. The van der Waals surface area contributed by atoms with Gasteiger partial charge in [0.25, 0.3) is 0 Å². The Balaban J connectivity index is 2.44. The second kappa shape index (κ2) is 5.50. The number of likely N-dealkylation sites (tertiary alicyclic amines) is 1. The number of carbonyl (C=O) groups excluding carboxylic acids is 1. The minimum atomic E-state index is -0.103. The first-order valence-electron chi connectivity index (χ1n) is 5.83. The number of ether oxygens (including phenoxy) is 1. The Bertz CT molecular complexity index is 208. The minimum absolute atomic E-state index is 0.103. The van der Waals surface area contributed by atoms with Gasteiger partial charge in [0.2, 0.25) is 0 Å². The lowest BCUT2D eigenvalue weighted by atomic mass is 9.90. The van der Waals surface area contributed by atoms with Crippen molar-refractivity contribution >= 4 is 5.97 Å². The van der Waals surface area contributed by atoms with E-state index in [0.29, 0.717) is 12.5 Å². The van der Waals surface area contributed by atoms with E-state index in [0.717, 1.165) is 24.9 Å². The quantitative estimate of drug-likeness (QED) is 0.671. The zero-order valence-electron chi connectivity index (χ0n) is 10.3. The van der Waals surface area contributed by atoms with Crippen molar-refractivity contribution in [2.75, 3.05) is 20.2 Å². The molecule has 1 saturated heterocycles. The first-order chi connectivity index (χ1) is 7.02. The summed E-state index contributed by atoms with van der Waals surface area (Å²) < 4.78 is 4.70. The Kier molecular flexibility index (Phi) is 4.58. The van der Waals surface area contributed by atoms with Crippen LogP contribution in [0.1, 0.15) is 33.6 Å². The van der Waals surface area contributed by atoms with E-state index in [9.17, 15) is 4.79 Å². The molecule has 1 rings (SSSR count). The number of esters is 1. The number of methoxy groups -OCH3 is 1. The maximum Gasteiger partial charge on any atom is 0.307 e. The van der Waals surface area contributed by atoms with Crippen molar-refractivity contribution in [2.24, 2.45) is 11.8 Å². The van der Waals surface area contributed by atoms with Crippen molar-refractivity contribution < 1.29 is 9.53 Å². The van der Waals surface area contributed by atoms with Crippen molar-refractivity contribution in [3.8, 4) is 0 Å². The average Bonchev–Trinajstić information content (AvgIpc) is 2.16. The van der Waals surface area contributed by atoms with Gasteiger partial charge in [-0.3, -0.25) is 9.69 Å². The third kappa shape index (κ3) is 3.82. The van der Waals surface area contributed by atoms with Gasteiger partial charge in [0, 0.05) is 19.1 Å². The van der Waals surface area contributed by atoms with Crippen molar-refractivity contribution in [2.45, 2.75) is 39.7 Å². The molecule has 88 valence electrons. The highest BCUT2D eigenvalue weighted by atomic mass is 16.5. The van der Waals surface area contributed by atoms with Gasteiger partial charge in [-0.15, -0.1) is 0 Å². The van der Waals surface area contributed by atoms with Gasteiger partial charge >= 0.3 is 5.97 Å². The highest BCUT2D eigenvalue weighted by molar-refractivity contribution is 5.69. The topological polar surface area (TPSA) is 29.5 Å². The highest BCUT2D eigenvalue weighted by Gasteiger charge is 2.26. The van der Waals surface area contributed by atoms with Crippen LogP contribution < -0.4 is 0 Å². The number of hydrogen-bond donors (Lipinski definition) is 0. The number of nitrogens with zero attached hydrogens (tertiary/aromatic N) is 1. The lowest BCUT2D eigenvalue weighted by molar-refractivity contribution is -0.142. The van der Waals surface area contributed by atoms with Crippen LogP contribution in [0.25, 0.3) is 0 Å². The van der Waals surface area contributed by atoms with Crippen LogP contribution in [0.5, 0.6) is 0 Å². The molecular weight excluding hydrogens is 190 g/mol. The van der Waals surface area contributed by atoms with E-state index < -0.39 is 0 Å². The summed E-state index contributed by atoms with van der Waals surface area (Å²) >= 11 is 0. The maximum atomic E-state index is 11.2. The molecule has 1 heterocycles. The molecule has 0 spiro atoms. The van der Waals surface area contributed by atoms with Gasteiger partial charge in [-0.25, -0.2) is 0 Å². The van der Waals surface area contributed by atoms with Gasteiger partial charge in [0.05, 0.1) is 13.5 Å². The van der Waals surface area contributed by atoms with Crippen LogP contribution in [-0.4, -0.2) is 37.1 Å². The van der Waals surface area contributed by atoms with E-state index in [4.69, 9.17) is 4.74 Å². The predicted octanol–water partition coefficient (Wildman–Crippen LogP) is 1.92. The first-order valence-corrected chi connectivity index (χ1v) is 5.83. The zero-order valence-corrected chi connectivity index (χ0v) is 10.3. The van der Waals surface area contributed by atoms with Crippen LogP contribution >= 0.6 is 0 Å². The molecule has 0 radical (unpaired) electrons. The molecule has 0 aliphatic carbocycles. The Morgan fingerprint density at radius 2 is 1.93 bits per heavy atom. The van der Waals surface area contributed by atoms with Crippen LogP contribution in [0.4, 0.5) is 0 Å². The summed E-state index contributed by atoms with van der Waals surface area (Å²) in [7, 11) is 1.45. The summed E-state index contributed by atoms with van der Waals surface area (Å²) in [5.74, 6) is 1.39. The minimum Gasteiger partial charge on any atom is -0.469 e. The molecule has 1 aliphatic rings. The number of hydrogen-bond acceptors (Lipinski definition) is 3. The van der Waals surface area contributed by atoms with E-state index in [1.54, 1.807) is 0 Å². The lowest BCUT2D eigenvalue weighted by Crippen LogP contribution is -2.44. The Labute approximate surface area is 92.8 Å². The molecule has 3 atom stereocenters. The standard InChI is InChI=1S/C12H23NO2/c1-9-5-10(2)8-13(7-9)11(3)6-12(14)15-4/h9-11H,5-8H2,1-4H3. The molecule has 15 heavy (non-hydrogen) atoms. The predicted molar refractivity (Wildman–Crippen MR) is 60.6 cm³/mol. The summed E-state index contributed by atoms with van der Waals surface area (Å²) in [5, 5.41) is 0. The molecule has 1 fully saturated rings. The van der Waals surface area contributed by atoms with Gasteiger partial charge in [0.1, 0.15) is 0 Å². The van der Waals surface area contributed by atoms with Crippen molar-refractivity contribution in [1.82, 2.24) is 4.90 Å². The fourth-order valence-electron chi connectivity index (χ4n) is 2.52. The third-order valence-corrected chi connectivity index (χ3v) is 3.21. The molecule has 0 aromatic carbocycles. The third-order valence-electron chi connectivity index (χ3n) is 3.21. The summed E-state index contributed by atoms with van der Waals surface area (Å²) in [4.78, 5) is 13.6. The smallest absolute Gasteiger partial charge is 0.307 e. The van der Waals surface area contributed by atoms with Crippen LogP contribution in [-0.2, 0) is 9.53 Å². The van der Waals surface area contributed by atoms with Gasteiger partial charge in [0.15, 0.2) is 0 Å². The fraction of sp³-hybridized carbons (Fsp3) is 0.917. The molecule has 0 amide bonds. The van der Waals surface area contributed by atoms with E-state index in [1.165, 1.54) is 13.5 Å². The van der Waals surface area contributed by atoms with Crippen molar-refractivity contribution in [1.29, 1.82) is 0 Å². The summed E-state index contributed by atoms with van der Waals surface area (Å²) in [6.07, 6.45) is 1.82. The number of piperidine rings is 1. The van der Waals surface area contributed by atoms with Crippen molar-refractivity contribution in [3.63, 3.8) is 0 Å². The van der Waals surface area contributed by atoms with Crippen LogP contribution in [0.15, 0.2) is 0 Å². The SMILES string of the molecule is COC(=O)CC(C)N1CC(C)CC(C)C1. The van der Waals surface area contributed by atoms with Crippen LogP contribution in [0.3, 0.4) is 0 Å². The molecule has 3 heteroatoms. The van der Waals surface area contributed by atoms with Crippen LogP contribution in [0.2, 0.25) is 0 Å². The molecule has 0 aromatic rings. The molecule has 0 N–H and O–H groups in total. The number of carbonyl (C=O) groups is 1.